The largest absolute Gasteiger partial charge is 0.462 e. The van der Waals surface area contributed by atoms with E-state index in [9.17, 15) is 9.59 Å². The number of fused-ring (bicyclic) bond motifs is 1. The normalized spacial score (nSPS) is 16.3. The molecule has 1 aliphatic carbocycles. The van der Waals surface area contributed by atoms with E-state index in [0.29, 0.717) is 32.1 Å². The molecular formula is C24H27Cl2NO3S. The standard InChI is InChI=1S/C24H27Cl2NO3S/c1-5-30-23(29)21-17-10-8-15(24(2,3)4)12-19(17)31-22(21)27-20(28)11-7-14-6-9-16(25)13-18(14)26/h6-7,9,11,13,15H,5,8,10,12H2,1-4H3,(H,27,28). The highest BCUT2D eigenvalue weighted by Gasteiger charge is 2.34. The molecule has 0 fully saturated rings. The Morgan fingerprint density at radius 1 is 1.29 bits per heavy atom. The van der Waals surface area contributed by atoms with Gasteiger partial charge in [0.15, 0.2) is 0 Å². The van der Waals surface area contributed by atoms with Crippen molar-refractivity contribution in [1.82, 2.24) is 0 Å². The van der Waals surface area contributed by atoms with Crippen LogP contribution in [0.5, 0.6) is 0 Å². The number of thiophene rings is 1. The molecule has 1 heterocycles. The van der Waals surface area contributed by atoms with Gasteiger partial charge in [0.1, 0.15) is 5.00 Å². The summed E-state index contributed by atoms with van der Waals surface area (Å²) in [4.78, 5) is 26.5. The molecular weight excluding hydrogens is 453 g/mol. The predicted octanol–water partition coefficient (Wildman–Crippen LogP) is 7.03. The van der Waals surface area contributed by atoms with Gasteiger partial charge >= 0.3 is 5.97 Å². The minimum Gasteiger partial charge on any atom is -0.462 e. The predicted molar refractivity (Wildman–Crippen MR) is 129 cm³/mol. The van der Waals surface area contributed by atoms with Crippen LogP contribution in [0.15, 0.2) is 24.3 Å². The van der Waals surface area contributed by atoms with Crippen LogP contribution < -0.4 is 5.32 Å². The summed E-state index contributed by atoms with van der Waals surface area (Å²) >= 11 is 13.6. The Balaban J connectivity index is 1.86. The molecule has 1 unspecified atom stereocenters. The fourth-order valence-corrected chi connectivity index (χ4v) is 5.58. The first kappa shape index (κ1) is 23.8. The first-order chi connectivity index (χ1) is 14.6. The van der Waals surface area contributed by atoms with Crippen LogP contribution in [0.2, 0.25) is 10.0 Å². The number of ether oxygens (including phenoxy) is 1. The number of amides is 1. The van der Waals surface area contributed by atoms with Gasteiger partial charge in [0.25, 0.3) is 0 Å². The van der Waals surface area contributed by atoms with Gasteiger partial charge in [-0.1, -0.05) is 50.0 Å². The van der Waals surface area contributed by atoms with E-state index in [0.717, 1.165) is 29.7 Å². The Labute approximate surface area is 197 Å². The van der Waals surface area contributed by atoms with Crippen molar-refractivity contribution in [2.75, 3.05) is 11.9 Å². The van der Waals surface area contributed by atoms with E-state index in [1.807, 2.05) is 0 Å². The molecule has 0 bridgehead atoms. The summed E-state index contributed by atoms with van der Waals surface area (Å²) in [7, 11) is 0. The van der Waals surface area contributed by atoms with Crippen LogP contribution in [0.1, 0.15) is 60.5 Å². The molecule has 2 aromatic rings. The maximum atomic E-state index is 12.7. The first-order valence-corrected chi connectivity index (χ1v) is 11.9. The van der Waals surface area contributed by atoms with E-state index in [1.54, 1.807) is 31.2 Å². The average Bonchev–Trinajstić information content (AvgIpc) is 3.03. The molecule has 166 valence electrons. The highest BCUT2D eigenvalue weighted by molar-refractivity contribution is 7.17. The molecule has 0 aliphatic heterocycles. The van der Waals surface area contributed by atoms with Crippen molar-refractivity contribution < 1.29 is 14.3 Å². The molecule has 1 amide bonds. The third-order valence-electron chi connectivity index (χ3n) is 5.58. The molecule has 0 saturated heterocycles. The SMILES string of the molecule is CCOC(=O)c1c(NC(=O)C=Cc2ccc(Cl)cc2Cl)sc2c1CCC(C(C)(C)C)C2. The van der Waals surface area contributed by atoms with Gasteiger partial charge < -0.3 is 10.1 Å². The first-order valence-electron chi connectivity index (χ1n) is 10.4. The van der Waals surface area contributed by atoms with Crippen molar-refractivity contribution in [3.8, 4) is 0 Å². The van der Waals surface area contributed by atoms with Gasteiger partial charge in [0.05, 0.1) is 12.2 Å². The number of esters is 1. The number of rotatable bonds is 5. The summed E-state index contributed by atoms with van der Waals surface area (Å²) in [5.41, 5.74) is 2.39. The van der Waals surface area contributed by atoms with E-state index in [4.69, 9.17) is 27.9 Å². The quantitative estimate of drug-likeness (QED) is 0.369. The highest BCUT2D eigenvalue weighted by Crippen LogP contribution is 2.44. The molecule has 0 saturated carbocycles. The van der Waals surface area contributed by atoms with Crippen LogP contribution in [0.4, 0.5) is 5.00 Å². The van der Waals surface area contributed by atoms with Crippen LogP contribution in [-0.2, 0) is 22.4 Å². The maximum absolute atomic E-state index is 12.7. The Morgan fingerprint density at radius 3 is 2.68 bits per heavy atom. The third kappa shape index (κ3) is 5.71. The van der Waals surface area contributed by atoms with Crippen molar-refractivity contribution in [3.05, 3.63) is 55.9 Å². The molecule has 0 radical (unpaired) electrons. The smallest absolute Gasteiger partial charge is 0.341 e. The molecule has 4 nitrogen and oxygen atoms in total. The minimum atomic E-state index is -0.380. The zero-order chi connectivity index (χ0) is 22.8. The lowest BCUT2D eigenvalue weighted by atomic mass is 9.72. The van der Waals surface area contributed by atoms with Crippen LogP contribution in [0, 0.1) is 11.3 Å². The number of carbonyl (C=O) groups is 2. The highest BCUT2D eigenvalue weighted by atomic mass is 35.5. The zero-order valence-corrected chi connectivity index (χ0v) is 20.5. The van der Waals surface area contributed by atoms with Crippen LogP contribution in [0.3, 0.4) is 0 Å². The van der Waals surface area contributed by atoms with E-state index in [1.165, 1.54) is 17.4 Å². The second kappa shape index (κ2) is 9.76. The molecule has 7 heteroatoms. The Bertz CT molecular complexity index is 1020. The van der Waals surface area contributed by atoms with Crippen LogP contribution in [0.25, 0.3) is 6.08 Å². The average molecular weight is 480 g/mol. The summed E-state index contributed by atoms with van der Waals surface area (Å²) in [5, 5.41) is 4.43. The second-order valence-corrected chi connectivity index (χ2v) is 10.7. The fraction of sp³-hybridized carbons (Fsp3) is 0.417. The van der Waals surface area contributed by atoms with Gasteiger partial charge in [-0.2, -0.15) is 0 Å². The van der Waals surface area contributed by atoms with Crippen molar-refractivity contribution in [2.24, 2.45) is 11.3 Å². The lowest BCUT2D eigenvalue weighted by Crippen LogP contribution is -2.26. The summed E-state index contributed by atoms with van der Waals surface area (Å²) in [6.07, 6.45) is 5.76. The lowest BCUT2D eigenvalue weighted by Gasteiger charge is -2.33. The van der Waals surface area contributed by atoms with Crippen LogP contribution in [-0.4, -0.2) is 18.5 Å². The second-order valence-electron chi connectivity index (χ2n) is 8.72. The molecule has 1 atom stereocenters. The van der Waals surface area contributed by atoms with E-state index >= 15 is 0 Å². The summed E-state index contributed by atoms with van der Waals surface area (Å²) in [6.45, 7) is 8.81. The zero-order valence-electron chi connectivity index (χ0n) is 18.2. The van der Waals surface area contributed by atoms with E-state index in [-0.39, 0.29) is 23.9 Å². The van der Waals surface area contributed by atoms with Gasteiger partial charge in [0.2, 0.25) is 5.91 Å². The number of benzene rings is 1. The number of anilines is 1. The molecule has 1 N–H and O–H groups in total. The summed E-state index contributed by atoms with van der Waals surface area (Å²) in [6, 6.07) is 5.08. The fourth-order valence-electron chi connectivity index (χ4n) is 3.79. The van der Waals surface area contributed by atoms with Crippen molar-refractivity contribution in [3.63, 3.8) is 0 Å². The molecule has 1 aromatic carbocycles. The molecule has 31 heavy (non-hydrogen) atoms. The topological polar surface area (TPSA) is 55.4 Å². The molecule has 0 spiro atoms. The van der Waals surface area contributed by atoms with Crippen molar-refractivity contribution in [2.45, 2.75) is 47.0 Å². The van der Waals surface area contributed by atoms with Crippen molar-refractivity contribution in [1.29, 1.82) is 0 Å². The van der Waals surface area contributed by atoms with E-state index in [2.05, 4.69) is 26.1 Å². The van der Waals surface area contributed by atoms with E-state index < -0.39 is 0 Å². The Kier molecular flexibility index (Phi) is 7.51. The van der Waals surface area contributed by atoms with Crippen molar-refractivity contribution >= 4 is 57.5 Å². The molecule has 3 rings (SSSR count). The number of hydrogen-bond acceptors (Lipinski definition) is 4. The van der Waals surface area contributed by atoms with Gasteiger partial charge in [0, 0.05) is 21.0 Å². The number of halogens is 2. The van der Waals surface area contributed by atoms with Gasteiger partial charge in [-0.15, -0.1) is 11.3 Å². The summed E-state index contributed by atoms with van der Waals surface area (Å²) < 4.78 is 5.29. The molecule has 1 aromatic heterocycles. The van der Waals surface area contributed by atoms with Gasteiger partial charge in [-0.05, 0) is 66.9 Å². The third-order valence-corrected chi connectivity index (χ3v) is 7.32. The number of nitrogens with one attached hydrogen (secondary N) is 1. The number of hydrogen-bond donors (Lipinski definition) is 1. The molecule has 1 aliphatic rings. The number of carbonyl (C=O) groups excluding carboxylic acids is 2. The summed E-state index contributed by atoms with van der Waals surface area (Å²) in [5.74, 6) is -0.180. The Morgan fingerprint density at radius 2 is 2.03 bits per heavy atom. The van der Waals surface area contributed by atoms with Gasteiger partial charge in [-0.25, -0.2) is 4.79 Å². The lowest BCUT2D eigenvalue weighted by molar-refractivity contribution is -0.111. The monoisotopic (exact) mass is 479 g/mol. The minimum absolute atomic E-state index is 0.190. The maximum Gasteiger partial charge on any atom is 0.341 e. The van der Waals surface area contributed by atoms with Gasteiger partial charge in [-0.3, -0.25) is 4.79 Å². The van der Waals surface area contributed by atoms with Crippen LogP contribution >= 0.6 is 34.5 Å². The Hall–Kier alpha value is -1.82.